The highest BCUT2D eigenvalue weighted by Gasteiger charge is 2.14. The van der Waals surface area contributed by atoms with Crippen molar-refractivity contribution in [2.75, 3.05) is 0 Å². The van der Waals surface area contributed by atoms with Gasteiger partial charge in [0.05, 0.1) is 5.69 Å². The Morgan fingerprint density at radius 1 is 1.45 bits per heavy atom. The first-order valence-electron chi connectivity index (χ1n) is 6.57. The van der Waals surface area contributed by atoms with Crippen molar-refractivity contribution in [3.8, 4) is 0 Å². The van der Waals surface area contributed by atoms with Gasteiger partial charge in [-0.15, -0.1) is 0 Å². The van der Waals surface area contributed by atoms with Crippen LogP contribution in [0.15, 0.2) is 16.7 Å². The Hall–Kier alpha value is -1.56. The monoisotopic (exact) mass is 338 g/mol. The Balaban J connectivity index is 2.12. The molecule has 0 aromatic carbocycles. The van der Waals surface area contributed by atoms with Crippen LogP contribution in [0.4, 0.5) is 0 Å². The van der Waals surface area contributed by atoms with Gasteiger partial charge in [-0.25, -0.2) is 0 Å². The van der Waals surface area contributed by atoms with Crippen molar-refractivity contribution in [1.29, 1.82) is 0 Å². The third-order valence-corrected chi connectivity index (χ3v) is 3.95. The number of hydrogen-bond donors (Lipinski definition) is 1. The Morgan fingerprint density at radius 2 is 2.15 bits per heavy atom. The van der Waals surface area contributed by atoms with Gasteiger partial charge in [-0.3, -0.25) is 9.48 Å². The lowest BCUT2D eigenvalue weighted by atomic mass is 10.2. The number of aromatic nitrogens is 3. The summed E-state index contributed by atoms with van der Waals surface area (Å²) in [6.45, 7) is 7.24. The summed E-state index contributed by atoms with van der Waals surface area (Å²) in [6.07, 6.45) is 1.91. The van der Waals surface area contributed by atoms with E-state index in [1.807, 2.05) is 49.3 Å². The molecule has 2 aromatic rings. The van der Waals surface area contributed by atoms with E-state index in [9.17, 15) is 4.79 Å². The van der Waals surface area contributed by atoms with Crippen LogP contribution in [-0.4, -0.2) is 20.3 Å². The quantitative estimate of drug-likeness (QED) is 0.931. The van der Waals surface area contributed by atoms with E-state index in [-0.39, 0.29) is 5.91 Å². The molecule has 2 rings (SSSR count). The van der Waals surface area contributed by atoms with E-state index >= 15 is 0 Å². The maximum atomic E-state index is 12.3. The predicted octanol–water partition coefficient (Wildman–Crippen LogP) is 2.55. The molecule has 0 fully saturated rings. The predicted molar refractivity (Wildman–Crippen MR) is 81.7 cm³/mol. The van der Waals surface area contributed by atoms with Gasteiger partial charge in [0.1, 0.15) is 5.69 Å². The molecule has 2 aromatic heterocycles. The van der Waals surface area contributed by atoms with Crippen LogP contribution in [0.25, 0.3) is 0 Å². The number of rotatable bonds is 4. The Bertz CT molecular complexity index is 642. The minimum Gasteiger partial charge on any atom is -0.347 e. The summed E-state index contributed by atoms with van der Waals surface area (Å²) >= 11 is 3.40. The van der Waals surface area contributed by atoms with E-state index < -0.39 is 0 Å². The van der Waals surface area contributed by atoms with Crippen LogP contribution in [0.2, 0.25) is 0 Å². The van der Waals surface area contributed by atoms with Crippen LogP contribution < -0.4 is 5.32 Å². The average Bonchev–Trinajstić information content (AvgIpc) is 2.89. The topological polar surface area (TPSA) is 51.9 Å². The third kappa shape index (κ3) is 2.80. The van der Waals surface area contributed by atoms with Gasteiger partial charge < -0.3 is 9.88 Å². The first-order chi connectivity index (χ1) is 9.43. The molecule has 20 heavy (non-hydrogen) atoms. The Morgan fingerprint density at radius 3 is 2.70 bits per heavy atom. The van der Waals surface area contributed by atoms with Gasteiger partial charge in [0, 0.05) is 42.1 Å². The zero-order valence-corrected chi connectivity index (χ0v) is 13.8. The molecule has 0 saturated heterocycles. The lowest BCUT2D eigenvalue weighted by molar-refractivity contribution is 0.0941. The summed E-state index contributed by atoms with van der Waals surface area (Å²) in [7, 11) is 1.91. The van der Waals surface area contributed by atoms with Crippen molar-refractivity contribution >= 4 is 21.8 Å². The second-order valence-electron chi connectivity index (χ2n) is 4.79. The molecule has 6 heteroatoms. The SMILES string of the molecule is CCn1cc(Br)cc1C(=O)NCc1c(C)nn(C)c1C. The van der Waals surface area contributed by atoms with Crippen LogP contribution in [0.5, 0.6) is 0 Å². The summed E-state index contributed by atoms with van der Waals surface area (Å²) < 4.78 is 4.67. The maximum Gasteiger partial charge on any atom is 0.268 e. The normalized spacial score (nSPS) is 10.8. The van der Waals surface area contributed by atoms with Crippen molar-refractivity contribution in [2.45, 2.75) is 33.9 Å². The molecule has 1 amide bonds. The Kier molecular flexibility index (Phi) is 4.32. The molecule has 0 unspecified atom stereocenters. The number of aryl methyl sites for hydroxylation is 3. The highest BCUT2D eigenvalue weighted by molar-refractivity contribution is 9.10. The average molecular weight is 339 g/mol. The number of hydrogen-bond acceptors (Lipinski definition) is 2. The summed E-state index contributed by atoms with van der Waals surface area (Å²) in [5.41, 5.74) is 3.78. The van der Waals surface area contributed by atoms with E-state index in [1.165, 1.54) is 0 Å². The highest BCUT2D eigenvalue weighted by Crippen LogP contribution is 2.16. The smallest absolute Gasteiger partial charge is 0.268 e. The first kappa shape index (κ1) is 14.8. The van der Waals surface area contributed by atoms with Crippen molar-refractivity contribution in [3.05, 3.63) is 39.4 Å². The first-order valence-corrected chi connectivity index (χ1v) is 7.36. The van der Waals surface area contributed by atoms with Crippen molar-refractivity contribution < 1.29 is 4.79 Å². The molecule has 0 radical (unpaired) electrons. The number of carbonyl (C=O) groups excluding carboxylic acids is 1. The van der Waals surface area contributed by atoms with E-state index in [4.69, 9.17) is 0 Å². The zero-order chi connectivity index (χ0) is 14.9. The van der Waals surface area contributed by atoms with Gasteiger partial charge in [0.15, 0.2) is 0 Å². The number of carbonyl (C=O) groups is 1. The highest BCUT2D eigenvalue weighted by atomic mass is 79.9. The zero-order valence-electron chi connectivity index (χ0n) is 12.2. The second kappa shape index (κ2) is 5.83. The fourth-order valence-corrected chi connectivity index (χ4v) is 2.72. The van der Waals surface area contributed by atoms with Crippen LogP contribution in [0, 0.1) is 13.8 Å². The molecule has 0 atom stereocenters. The molecule has 0 aliphatic carbocycles. The minimum absolute atomic E-state index is 0.0693. The molecular formula is C14H19BrN4O. The lowest BCUT2D eigenvalue weighted by Crippen LogP contribution is -2.25. The maximum absolute atomic E-state index is 12.3. The van der Waals surface area contributed by atoms with Crippen molar-refractivity contribution in [3.63, 3.8) is 0 Å². The molecule has 5 nitrogen and oxygen atoms in total. The van der Waals surface area contributed by atoms with Crippen LogP contribution in [-0.2, 0) is 20.1 Å². The molecule has 0 saturated carbocycles. The van der Waals surface area contributed by atoms with E-state index in [0.717, 1.165) is 28.0 Å². The van der Waals surface area contributed by atoms with Crippen LogP contribution in [0.1, 0.15) is 34.4 Å². The molecular weight excluding hydrogens is 320 g/mol. The van der Waals surface area contributed by atoms with E-state index in [0.29, 0.717) is 12.2 Å². The van der Waals surface area contributed by atoms with Gasteiger partial charge >= 0.3 is 0 Å². The number of amides is 1. The number of nitrogens with zero attached hydrogens (tertiary/aromatic N) is 3. The van der Waals surface area contributed by atoms with Gasteiger partial charge in [0.25, 0.3) is 5.91 Å². The fraction of sp³-hybridized carbons (Fsp3) is 0.429. The molecule has 1 N–H and O–H groups in total. The lowest BCUT2D eigenvalue weighted by Gasteiger charge is -2.08. The van der Waals surface area contributed by atoms with Gasteiger partial charge in [-0.05, 0) is 42.8 Å². The largest absolute Gasteiger partial charge is 0.347 e. The molecule has 0 bridgehead atoms. The van der Waals surface area contributed by atoms with Gasteiger partial charge in [0.2, 0.25) is 0 Å². The standard InChI is InChI=1S/C14H19BrN4O/c1-5-19-8-11(15)6-13(19)14(20)16-7-12-9(2)17-18(4)10(12)3/h6,8H,5,7H2,1-4H3,(H,16,20). The van der Waals surface area contributed by atoms with Crippen LogP contribution >= 0.6 is 15.9 Å². The number of halogens is 1. The third-order valence-electron chi connectivity index (χ3n) is 3.52. The molecule has 0 aliphatic rings. The van der Waals surface area contributed by atoms with Crippen molar-refractivity contribution in [1.82, 2.24) is 19.7 Å². The molecule has 0 spiro atoms. The second-order valence-corrected chi connectivity index (χ2v) is 5.70. The van der Waals surface area contributed by atoms with Crippen LogP contribution in [0.3, 0.4) is 0 Å². The fourth-order valence-electron chi connectivity index (χ4n) is 2.26. The minimum atomic E-state index is -0.0693. The number of nitrogens with one attached hydrogen (secondary N) is 1. The molecule has 2 heterocycles. The van der Waals surface area contributed by atoms with Gasteiger partial charge in [-0.1, -0.05) is 0 Å². The molecule has 0 aliphatic heterocycles. The summed E-state index contributed by atoms with van der Waals surface area (Å²) in [5, 5.41) is 7.32. The van der Waals surface area contributed by atoms with E-state index in [1.54, 1.807) is 0 Å². The van der Waals surface area contributed by atoms with Gasteiger partial charge in [-0.2, -0.15) is 5.10 Å². The summed E-state index contributed by atoms with van der Waals surface area (Å²) in [4.78, 5) is 12.3. The van der Waals surface area contributed by atoms with E-state index in [2.05, 4.69) is 26.3 Å². The molecule has 108 valence electrons. The van der Waals surface area contributed by atoms with Crippen molar-refractivity contribution in [2.24, 2.45) is 7.05 Å². The summed E-state index contributed by atoms with van der Waals surface area (Å²) in [5.74, 6) is -0.0693. The Labute approximate surface area is 127 Å². The summed E-state index contributed by atoms with van der Waals surface area (Å²) in [6, 6.07) is 1.84.